The van der Waals surface area contributed by atoms with Crippen molar-refractivity contribution in [2.24, 2.45) is 11.7 Å². The first-order valence-electron chi connectivity index (χ1n) is 8.25. The predicted octanol–water partition coefficient (Wildman–Crippen LogP) is 0.865. The van der Waals surface area contributed by atoms with Crippen LogP contribution in [-0.2, 0) is 16.0 Å². The number of primary amides is 1. The van der Waals surface area contributed by atoms with Gasteiger partial charge in [-0.15, -0.1) is 12.4 Å². The van der Waals surface area contributed by atoms with E-state index in [4.69, 9.17) is 10.9 Å². The summed E-state index contributed by atoms with van der Waals surface area (Å²) in [6.45, 7) is 1.01. The van der Waals surface area contributed by atoms with Crippen molar-refractivity contribution in [3.8, 4) is 0 Å². The van der Waals surface area contributed by atoms with Crippen LogP contribution in [0.5, 0.6) is 0 Å². The zero-order valence-corrected chi connectivity index (χ0v) is 15.8. The molecule has 0 fully saturated rings. The molecule has 1 aromatic rings. The number of nitrogens with two attached hydrogens (primary N) is 1. The van der Waals surface area contributed by atoms with E-state index < -0.39 is 35.5 Å². The van der Waals surface area contributed by atoms with Gasteiger partial charge in [-0.2, -0.15) is 5.48 Å². The number of nitrogens with one attached hydrogen (secondary N) is 2. The predicted molar refractivity (Wildman–Crippen MR) is 98.1 cm³/mol. The SMILES string of the molecule is CC(F)(CCC(CC(O)C(Cc1ccccc1)NO)C(=O)NO)C(N)=O.Cl. The highest BCUT2D eigenvalue weighted by molar-refractivity contribution is 5.85. The summed E-state index contributed by atoms with van der Waals surface area (Å²) >= 11 is 0. The zero-order valence-electron chi connectivity index (χ0n) is 15.0. The zero-order chi connectivity index (χ0) is 19.7. The molecule has 0 radical (unpaired) electrons. The highest BCUT2D eigenvalue weighted by Crippen LogP contribution is 2.24. The summed E-state index contributed by atoms with van der Waals surface area (Å²) in [6, 6.07) is 8.30. The monoisotopic (exact) mass is 407 g/mol. The summed E-state index contributed by atoms with van der Waals surface area (Å²) in [5, 5.41) is 28.5. The molecule has 4 unspecified atom stereocenters. The molecule has 27 heavy (non-hydrogen) atoms. The molecule has 2 amide bonds. The van der Waals surface area contributed by atoms with E-state index in [-0.39, 0.29) is 38.1 Å². The molecule has 154 valence electrons. The van der Waals surface area contributed by atoms with Gasteiger partial charge in [-0.25, -0.2) is 9.87 Å². The molecule has 8 nitrogen and oxygen atoms in total. The normalized spacial score (nSPS) is 16.3. The van der Waals surface area contributed by atoms with Crippen molar-refractivity contribution in [1.82, 2.24) is 11.0 Å². The van der Waals surface area contributed by atoms with Gasteiger partial charge in [0.1, 0.15) is 0 Å². The van der Waals surface area contributed by atoms with Crippen LogP contribution in [0.15, 0.2) is 30.3 Å². The quantitative estimate of drug-likeness (QED) is 0.237. The third-order valence-electron chi connectivity index (χ3n) is 4.41. The number of hydroxylamine groups is 2. The average molecular weight is 408 g/mol. The molecular formula is C17H27ClFN3O5. The van der Waals surface area contributed by atoms with Gasteiger partial charge in [-0.3, -0.25) is 14.8 Å². The van der Waals surface area contributed by atoms with Gasteiger partial charge in [0.25, 0.3) is 5.91 Å². The number of halogens is 2. The Hall–Kier alpha value is -1.78. The van der Waals surface area contributed by atoms with Crippen LogP contribution in [0, 0.1) is 5.92 Å². The van der Waals surface area contributed by atoms with Crippen LogP contribution in [0.3, 0.4) is 0 Å². The molecule has 0 aromatic heterocycles. The Kier molecular flexibility index (Phi) is 11.1. The summed E-state index contributed by atoms with van der Waals surface area (Å²) in [5.74, 6) is -2.95. The van der Waals surface area contributed by atoms with Crippen molar-refractivity contribution >= 4 is 24.2 Å². The van der Waals surface area contributed by atoms with E-state index in [1.807, 2.05) is 35.8 Å². The van der Waals surface area contributed by atoms with E-state index in [2.05, 4.69) is 0 Å². The fourth-order valence-electron chi connectivity index (χ4n) is 2.61. The molecular weight excluding hydrogens is 381 g/mol. The molecule has 0 aliphatic carbocycles. The van der Waals surface area contributed by atoms with Gasteiger partial charge in [0.2, 0.25) is 5.91 Å². The van der Waals surface area contributed by atoms with Crippen LogP contribution >= 0.6 is 12.4 Å². The van der Waals surface area contributed by atoms with Crippen LogP contribution in [0.4, 0.5) is 4.39 Å². The second-order valence-corrected chi connectivity index (χ2v) is 6.50. The van der Waals surface area contributed by atoms with Crippen molar-refractivity contribution in [2.75, 3.05) is 0 Å². The number of hydrogen-bond donors (Lipinski definition) is 6. The van der Waals surface area contributed by atoms with Gasteiger partial charge in [0, 0.05) is 5.92 Å². The molecule has 0 aliphatic rings. The third-order valence-corrected chi connectivity index (χ3v) is 4.41. The van der Waals surface area contributed by atoms with E-state index in [1.165, 1.54) is 5.48 Å². The standard InChI is InChI=1S/C17H26FN3O5.ClH/c1-17(18,16(19)24)8-7-12(15(23)21-26)10-14(22)13(20-25)9-11-5-3-2-4-6-11;/h2-6,12-14,20,22,25-26H,7-10H2,1H3,(H2,19,24)(H,21,23);1H. The number of carbonyl (C=O) groups excluding carboxylic acids is 2. The number of aliphatic hydroxyl groups excluding tert-OH is 1. The van der Waals surface area contributed by atoms with Crippen LogP contribution < -0.4 is 16.7 Å². The second kappa shape index (κ2) is 11.8. The van der Waals surface area contributed by atoms with Gasteiger partial charge in [-0.1, -0.05) is 30.3 Å². The van der Waals surface area contributed by atoms with Crippen molar-refractivity contribution in [3.63, 3.8) is 0 Å². The maximum absolute atomic E-state index is 14.0. The second-order valence-electron chi connectivity index (χ2n) is 6.50. The van der Waals surface area contributed by atoms with Crippen LogP contribution in [0.25, 0.3) is 0 Å². The number of benzene rings is 1. The lowest BCUT2D eigenvalue weighted by Gasteiger charge is -2.26. The fraction of sp³-hybridized carbons (Fsp3) is 0.529. The number of hydrogen-bond acceptors (Lipinski definition) is 6. The highest BCUT2D eigenvalue weighted by atomic mass is 35.5. The lowest BCUT2D eigenvalue weighted by Crippen LogP contribution is -2.43. The number of alkyl halides is 1. The summed E-state index contributed by atoms with van der Waals surface area (Å²) in [7, 11) is 0. The molecule has 1 aromatic carbocycles. The Morgan fingerprint density at radius 3 is 2.33 bits per heavy atom. The number of carbonyl (C=O) groups is 2. The van der Waals surface area contributed by atoms with Gasteiger partial charge in [-0.05, 0) is 38.2 Å². The van der Waals surface area contributed by atoms with E-state index >= 15 is 0 Å². The third kappa shape index (κ3) is 8.19. The first-order chi connectivity index (χ1) is 12.2. The Balaban J connectivity index is 0.00000676. The molecule has 0 saturated carbocycles. The van der Waals surface area contributed by atoms with Crippen molar-refractivity contribution in [1.29, 1.82) is 0 Å². The summed E-state index contributed by atoms with van der Waals surface area (Å²) in [6.07, 6.45) is -1.51. The molecule has 4 atom stereocenters. The Morgan fingerprint density at radius 1 is 1.26 bits per heavy atom. The van der Waals surface area contributed by atoms with Gasteiger partial charge in [0.15, 0.2) is 5.67 Å². The molecule has 0 heterocycles. The first-order valence-corrected chi connectivity index (χ1v) is 8.25. The molecule has 0 spiro atoms. The van der Waals surface area contributed by atoms with E-state index in [9.17, 15) is 24.3 Å². The maximum atomic E-state index is 14.0. The number of aliphatic hydroxyl groups is 1. The smallest absolute Gasteiger partial charge is 0.254 e. The van der Waals surface area contributed by atoms with Crippen molar-refractivity contribution in [2.45, 2.75) is 50.4 Å². The van der Waals surface area contributed by atoms with Gasteiger partial charge >= 0.3 is 0 Å². The Bertz CT molecular complexity index is 591. The molecule has 0 saturated heterocycles. The van der Waals surface area contributed by atoms with E-state index in [0.29, 0.717) is 0 Å². The topological polar surface area (TPSA) is 145 Å². The molecule has 0 bridgehead atoms. The summed E-state index contributed by atoms with van der Waals surface area (Å²) in [4.78, 5) is 22.9. The molecule has 7 N–H and O–H groups in total. The number of amides is 2. The summed E-state index contributed by atoms with van der Waals surface area (Å²) in [5.41, 5.74) is 6.99. The minimum absolute atomic E-state index is 0. The Labute approximate surface area is 163 Å². The lowest BCUT2D eigenvalue weighted by molar-refractivity contribution is -0.136. The highest BCUT2D eigenvalue weighted by Gasteiger charge is 2.34. The van der Waals surface area contributed by atoms with Crippen LogP contribution in [0.2, 0.25) is 0 Å². The van der Waals surface area contributed by atoms with E-state index in [0.717, 1.165) is 12.5 Å². The number of rotatable bonds is 11. The largest absolute Gasteiger partial charge is 0.391 e. The van der Waals surface area contributed by atoms with Gasteiger partial charge in [0.05, 0.1) is 12.1 Å². The maximum Gasteiger partial charge on any atom is 0.254 e. The lowest BCUT2D eigenvalue weighted by atomic mass is 9.87. The molecule has 1 rings (SSSR count). The van der Waals surface area contributed by atoms with Crippen molar-refractivity contribution in [3.05, 3.63) is 35.9 Å². The average Bonchev–Trinajstić information content (AvgIpc) is 2.62. The molecule has 10 heteroatoms. The van der Waals surface area contributed by atoms with Crippen LogP contribution in [-0.4, -0.2) is 45.1 Å². The van der Waals surface area contributed by atoms with Crippen molar-refractivity contribution < 1.29 is 29.5 Å². The Morgan fingerprint density at radius 2 is 1.85 bits per heavy atom. The van der Waals surface area contributed by atoms with Crippen LogP contribution in [0.1, 0.15) is 31.7 Å². The minimum Gasteiger partial charge on any atom is -0.391 e. The van der Waals surface area contributed by atoms with Gasteiger partial charge < -0.3 is 16.0 Å². The molecule has 0 aliphatic heterocycles. The minimum atomic E-state index is -2.31. The first kappa shape index (κ1) is 25.2. The fourth-order valence-corrected chi connectivity index (χ4v) is 2.61. The van der Waals surface area contributed by atoms with E-state index in [1.54, 1.807) is 0 Å². The summed E-state index contributed by atoms with van der Waals surface area (Å²) < 4.78 is 14.0.